The third-order valence-corrected chi connectivity index (χ3v) is 4.63. The van der Waals surface area contributed by atoms with Crippen LogP contribution in [0, 0.1) is 15.2 Å². The number of nitrogens with one attached hydrogen (secondary N) is 1. The van der Waals surface area contributed by atoms with Crippen molar-refractivity contribution in [3.8, 4) is 0 Å². The Labute approximate surface area is 145 Å². The standard InChI is InChI=1S/C17H13F2IN2O/c1-22-9-10(12-4-2-3-5-15(12)22)6-16(23)21-11-7-13(18)17(20)14(19)8-11/h2-5,7-9H,6H2,1H3,(H,21,23). The van der Waals surface area contributed by atoms with Gasteiger partial charge in [-0.2, -0.15) is 0 Å². The van der Waals surface area contributed by atoms with Gasteiger partial charge in [-0.3, -0.25) is 4.79 Å². The predicted molar refractivity (Wildman–Crippen MR) is 94.3 cm³/mol. The Kier molecular flexibility index (Phi) is 4.34. The quantitative estimate of drug-likeness (QED) is 0.494. The van der Waals surface area contributed by atoms with Crippen LogP contribution in [0.4, 0.5) is 14.5 Å². The molecule has 0 fully saturated rings. The van der Waals surface area contributed by atoms with Crippen LogP contribution < -0.4 is 5.32 Å². The van der Waals surface area contributed by atoms with Crippen LogP contribution >= 0.6 is 22.6 Å². The van der Waals surface area contributed by atoms with E-state index in [0.29, 0.717) is 0 Å². The molecular formula is C17H13F2IN2O. The SMILES string of the molecule is Cn1cc(CC(=O)Nc2cc(F)c(I)c(F)c2)c2ccccc21. The number of carbonyl (C=O) groups excluding carboxylic acids is 1. The van der Waals surface area contributed by atoms with E-state index in [1.165, 1.54) is 0 Å². The van der Waals surface area contributed by atoms with Crippen LogP contribution in [0.2, 0.25) is 0 Å². The number of hydrogen-bond acceptors (Lipinski definition) is 1. The summed E-state index contributed by atoms with van der Waals surface area (Å²) in [5, 5.41) is 3.53. The van der Waals surface area contributed by atoms with Crippen LogP contribution in [-0.2, 0) is 18.3 Å². The molecule has 3 nitrogen and oxygen atoms in total. The predicted octanol–water partition coefficient (Wildman–Crippen LogP) is 4.24. The summed E-state index contributed by atoms with van der Waals surface area (Å²) < 4.78 is 28.9. The van der Waals surface area contributed by atoms with Crippen LogP contribution in [0.1, 0.15) is 5.56 Å². The van der Waals surface area contributed by atoms with E-state index in [2.05, 4.69) is 5.32 Å². The van der Waals surface area contributed by atoms with Gasteiger partial charge >= 0.3 is 0 Å². The molecule has 1 amide bonds. The summed E-state index contributed by atoms with van der Waals surface area (Å²) in [5.74, 6) is -1.70. The number of para-hydroxylation sites is 1. The van der Waals surface area contributed by atoms with Crippen molar-refractivity contribution in [2.24, 2.45) is 7.05 Å². The average molecular weight is 426 g/mol. The maximum atomic E-state index is 13.5. The highest BCUT2D eigenvalue weighted by molar-refractivity contribution is 14.1. The van der Waals surface area contributed by atoms with Crippen molar-refractivity contribution < 1.29 is 13.6 Å². The first-order valence-electron chi connectivity index (χ1n) is 6.93. The van der Waals surface area contributed by atoms with Gasteiger partial charge in [0.15, 0.2) is 0 Å². The summed E-state index contributed by atoms with van der Waals surface area (Å²) in [6, 6.07) is 10.00. The van der Waals surface area contributed by atoms with Crippen LogP contribution in [0.3, 0.4) is 0 Å². The van der Waals surface area contributed by atoms with Crippen LogP contribution in [0.5, 0.6) is 0 Å². The molecule has 23 heavy (non-hydrogen) atoms. The number of fused-ring (bicyclic) bond motifs is 1. The van der Waals surface area contributed by atoms with Crippen molar-refractivity contribution >= 4 is 45.1 Å². The second-order valence-corrected chi connectivity index (χ2v) is 6.34. The third kappa shape index (κ3) is 3.21. The van der Waals surface area contributed by atoms with Gasteiger partial charge in [0.25, 0.3) is 0 Å². The smallest absolute Gasteiger partial charge is 0.228 e. The highest BCUT2D eigenvalue weighted by Crippen LogP contribution is 2.23. The maximum Gasteiger partial charge on any atom is 0.228 e. The zero-order valence-corrected chi connectivity index (χ0v) is 14.4. The zero-order chi connectivity index (χ0) is 16.6. The van der Waals surface area contributed by atoms with E-state index in [0.717, 1.165) is 28.6 Å². The number of amides is 1. The topological polar surface area (TPSA) is 34.0 Å². The first-order valence-corrected chi connectivity index (χ1v) is 8.01. The second-order valence-electron chi connectivity index (χ2n) is 5.26. The van der Waals surface area contributed by atoms with E-state index < -0.39 is 11.6 Å². The number of aryl methyl sites for hydroxylation is 1. The molecule has 118 valence electrons. The van der Waals surface area contributed by atoms with E-state index in [4.69, 9.17) is 0 Å². The lowest BCUT2D eigenvalue weighted by atomic mass is 10.1. The van der Waals surface area contributed by atoms with Gasteiger partial charge in [-0.25, -0.2) is 8.78 Å². The molecule has 0 aliphatic heterocycles. The Morgan fingerprint density at radius 3 is 2.57 bits per heavy atom. The Hall–Kier alpha value is -1.96. The summed E-state index contributed by atoms with van der Waals surface area (Å²) in [4.78, 5) is 12.2. The van der Waals surface area contributed by atoms with Crippen LogP contribution in [-0.4, -0.2) is 10.5 Å². The number of hydrogen-bond donors (Lipinski definition) is 1. The van der Waals surface area contributed by atoms with Crippen LogP contribution in [0.25, 0.3) is 10.9 Å². The van der Waals surface area contributed by atoms with Gasteiger partial charge < -0.3 is 9.88 Å². The molecule has 0 atom stereocenters. The molecule has 3 aromatic rings. The lowest BCUT2D eigenvalue weighted by Gasteiger charge is -2.06. The van der Waals surface area contributed by atoms with Gasteiger partial charge in [-0.05, 0) is 46.4 Å². The van der Waals surface area contributed by atoms with E-state index >= 15 is 0 Å². The molecule has 0 spiro atoms. The van der Waals surface area contributed by atoms with E-state index in [1.807, 2.05) is 42.1 Å². The van der Waals surface area contributed by atoms with Crippen molar-refractivity contribution in [1.82, 2.24) is 4.57 Å². The lowest BCUT2D eigenvalue weighted by Crippen LogP contribution is -2.14. The molecule has 2 aromatic carbocycles. The molecular weight excluding hydrogens is 413 g/mol. The molecule has 0 saturated heterocycles. The summed E-state index contributed by atoms with van der Waals surface area (Å²) >= 11 is 1.58. The van der Waals surface area contributed by atoms with Gasteiger partial charge in [0, 0.05) is 29.8 Å². The van der Waals surface area contributed by atoms with E-state index in [9.17, 15) is 13.6 Å². The third-order valence-electron chi connectivity index (χ3n) is 3.60. The Bertz CT molecular complexity index is 882. The molecule has 0 aliphatic rings. The van der Waals surface area contributed by atoms with E-state index in [1.54, 1.807) is 22.6 Å². The van der Waals surface area contributed by atoms with Gasteiger partial charge in [0.05, 0.1) is 9.99 Å². The molecule has 6 heteroatoms. The largest absolute Gasteiger partial charge is 0.350 e. The summed E-state index contributed by atoms with van der Waals surface area (Å²) in [7, 11) is 1.91. The highest BCUT2D eigenvalue weighted by Gasteiger charge is 2.13. The van der Waals surface area contributed by atoms with Crippen molar-refractivity contribution in [3.05, 3.63) is 63.4 Å². The minimum Gasteiger partial charge on any atom is -0.350 e. The minimum atomic E-state index is -0.689. The Morgan fingerprint density at radius 2 is 1.87 bits per heavy atom. The summed E-state index contributed by atoms with van der Waals surface area (Å²) in [6.07, 6.45) is 2.02. The number of carbonyl (C=O) groups is 1. The number of halogens is 3. The first-order chi connectivity index (χ1) is 11.0. The summed E-state index contributed by atoms with van der Waals surface area (Å²) in [5.41, 5.74) is 2.01. The van der Waals surface area contributed by atoms with Crippen molar-refractivity contribution in [2.75, 3.05) is 5.32 Å². The Morgan fingerprint density at radius 1 is 1.22 bits per heavy atom. The fraction of sp³-hybridized carbons (Fsp3) is 0.118. The molecule has 0 aliphatic carbocycles. The number of nitrogens with zero attached hydrogens (tertiary/aromatic N) is 1. The molecule has 0 bridgehead atoms. The van der Waals surface area contributed by atoms with Crippen molar-refractivity contribution in [3.63, 3.8) is 0 Å². The molecule has 0 saturated carbocycles. The monoisotopic (exact) mass is 426 g/mol. The average Bonchev–Trinajstić information content (AvgIpc) is 2.81. The molecule has 3 rings (SSSR count). The molecule has 1 N–H and O–H groups in total. The van der Waals surface area contributed by atoms with E-state index in [-0.39, 0.29) is 21.6 Å². The number of benzene rings is 2. The molecule has 0 unspecified atom stereocenters. The maximum absolute atomic E-state index is 13.5. The van der Waals surface area contributed by atoms with Gasteiger partial charge in [-0.15, -0.1) is 0 Å². The first kappa shape index (κ1) is 15.9. The highest BCUT2D eigenvalue weighted by atomic mass is 127. The minimum absolute atomic E-state index is 0.0883. The van der Waals surface area contributed by atoms with Gasteiger partial charge in [0.2, 0.25) is 5.91 Å². The number of rotatable bonds is 3. The van der Waals surface area contributed by atoms with Gasteiger partial charge in [0.1, 0.15) is 11.6 Å². The number of aromatic nitrogens is 1. The molecule has 1 heterocycles. The molecule has 1 aromatic heterocycles. The number of anilines is 1. The summed E-state index contributed by atoms with van der Waals surface area (Å²) in [6.45, 7) is 0. The van der Waals surface area contributed by atoms with Crippen molar-refractivity contribution in [1.29, 1.82) is 0 Å². The fourth-order valence-corrected chi connectivity index (χ4v) is 2.88. The van der Waals surface area contributed by atoms with Crippen molar-refractivity contribution in [2.45, 2.75) is 6.42 Å². The molecule has 0 radical (unpaired) electrons. The normalized spacial score (nSPS) is 11.0. The van der Waals surface area contributed by atoms with Crippen LogP contribution in [0.15, 0.2) is 42.6 Å². The van der Waals surface area contributed by atoms with Gasteiger partial charge in [-0.1, -0.05) is 18.2 Å². The zero-order valence-electron chi connectivity index (χ0n) is 12.2. The Balaban J connectivity index is 1.82. The lowest BCUT2D eigenvalue weighted by molar-refractivity contribution is -0.115. The second kappa shape index (κ2) is 6.27. The fourth-order valence-electron chi connectivity index (χ4n) is 2.57.